The fourth-order valence-corrected chi connectivity index (χ4v) is 4.94. The Bertz CT molecular complexity index is 1070. The number of piperidine rings is 1. The molecule has 0 spiro atoms. The molecule has 1 saturated heterocycles. The standard InChI is InChI=1S/C25H31N5O2S/c1-19(20-12-6-4-7-13-20)28(2)23(31)18-33-25-27-26-24(29-16-10-5-11-17-29)30(25)21-14-8-9-15-22(21)32-3/h4,6-9,12-15,19H,5,10-11,16-18H2,1-3H3. The van der Waals surface area contributed by atoms with Gasteiger partial charge in [0.2, 0.25) is 11.9 Å². The van der Waals surface area contributed by atoms with Gasteiger partial charge in [-0.3, -0.25) is 9.36 Å². The number of rotatable bonds is 8. The number of anilines is 1. The lowest BCUT2D eigenvalue weighted by Crippen LogP contribution is -2.32. The van der Waals surface area contributed by atoms with E-state index in [1.165, 1.54) is 18.2 Å². The van der Waals surface area contributed by atoms with Crippen LogP contribution in [0.4, 0.5) is 5.95 Å². The Morgan fingerprint density at radius 3 is 2.48 bits per heavy atom. The third kappa shape index (κ3) is 5.16. The largest absolute Gasteiger partial charge is 0.495 e. The molecule has 0 aliphatic carbocycles. The Labute approximate surface area is 199 Å². The quantitative estimate of drug-likeness (QED) is 0.454. The lowest BCUT2D eigenvalue weighted by Gasteiger charge is -2.28. The summed E-state index contributed by atoms with van der Waals surface area (Å²) in [6.07, 6.45) is 3.52. The second-order valence-electron chi connectivity index (χ2n) is 8.22. The van der Waals surface area contributed by atoms with Gasteiger partial charge in [0, 0.05) is 20.1 Å². The van der Waals surface area contributed by atoms with Crippen LogP contribution in [0.25, 0.3) is 5.69 Å². The first-order valence-corrected chi connectivity index (χ1v) is 12.4. The molecule has 2 heterocycles. The van der Waals surface area contributed by atoms with Crippen molar-refractivity contribution in [2.24, 2.45) is 0 Å². The van der Waals surface area contributed by atoms with Crippen LogP contribution in [0.2, 0.25) is 0 Å². The van der Waals surface area contributed by atoms with Crippen molar-refractivity contribution in [3.8, 4) is 11.4 Å². The van der Waals surface area contributed by atoms with E-state index >= 15 is 0 Å². The SMILES string of the molecule is COc1ccccc1-n1c(SCC(=O)N(C)C(C)c2ccccc2)nnc1N1CCCCC1. The highest BCUT2D eigenvalue weighted by molar-refractivity contribution is 7.99. The fraction of sp³-hybridized carbons (Fsp3) is 0.400. The van der Waals surface area contributed by atoms with Crippen LogP contribution in [-0.4, -0.2) is 58.6 Å². The summed E-state index contributed by atoms with van der Waals surface area (Å²) >= 11 is 1.41. The molecule has 0 saturated carbocycles. The van der Waals surface area contributed by atoms with Gasteiger partial charge < -0.3 is 14.5 Å². The zero-order valence-electron chi connectivity index (χ0n) is 19.5. The number of thioether (sulfide) groups is 1. The third-order valence-corrected chi connectivity index (χ3v) is 7.08. The summed E-state index contributed by atoms with van der Waals surface area (Å²) in [6.45, 7) is 3.95. The van der Waals surface area contributed by atoms with Gasteiger partial charge in [-0.15, -0.1) is 10.2 Å². The molecule has 2 aromatic carbocycles. The first-order chi connectivity index (χ1) is 16.1. The predicted octanol–water partition coefficient (Wildman–Crippen LogP) is 4.58. The van der Waals surface area contributed by atoms with Crippen LogP contribution >= 0.6 is 11.8 Å². The number of ether oxygens (including phenoxy) is 1. The van der Waals surface area contributed by atoms with Crippen LogP contribution in [0.1, 0.15) is 37.8 Å². The van der Waals surface area contributed by atoms with Crippen molar-refractivity contribution < 1.29 is 9.53 Å². The molecule has 0 N–H and O–H groups in total. The number of para-hydroxylation sites is 2. The summed E-state index contributed by atoms with van der Waals surface area (Å²) < 4.78 is 7.66. The Morgan fingerprint density at radius 2 is 1.76 bits per heavy atom. The number of carbonyl (C=O) groups is 1. The number of amides is 1. The third-order valence-electron chi connectivity index (χ3n) is 6.16. The summed E-state index contributed by atoms with van der Waals surface area (Å²) in [5, 5.41) is 9.71. The smallest absolute Gasteiger partial charge is 0.233 e. The molecule has 1 fully saturated rings. The van der Waals surface area contributed by atoms with Crippen molar-refractivity contribution in [1.29, 1.82) is 0 Å². The number of benzene rings is 2. The molecule has 1 amide bonds. The minimum absolute atomic E-state index is 0.00435. The Morgan fingerprint density at radius 1 is 1.06 bits per heavy atom. The molecule has 1 aromatic heterocycles. The van der Waals surface area contributed by atoms with Gasteiger partial charge in [-0.25, -0.2) is 0 Å². The van der Waals surface area contributed by atoms with Crippen molar-refractivity contribution in [3.05, 3.63) is 60.2 Å². The van der Waals surface area contributed by atoms with E-state index in [9.17, 15) is 4.79 Å². The summed E-state index contributed by atoms with van der Waals surface area (Å²) in [5.74, 6) is 1.88. The Hall–Kier alpha value is -3.00. The maximum Gasteiger partial charge on any atom is 0.233 e. The van der Waals surface area contributed by atoms with E-state index in [0.29, 0.717) is 5.16 Å². The van der Waals surface area contributed by atoms with Crippen LogP contribution in [0.5, 0.6) is 5.75 Å². The molecule has 1 unspecified atom stereocenters. The van der Waals surface area contributed by atoms with Gasteiger partial charge >= 0.3 is 0 Å². The first kappa shape index (κ1) is 23.2. The molecule has 4 rings (SSSR count). The molecule has 8 heteroatoms. The van der Waals surface area contributed by atoms with E-state index in [4.69, 9.17) is 4.74 Å². The van der Waals surface area contributed by atoms with Gasteiger partial charge in [-0.2, -0.15) is 0 Å². The number of hydrogen-bond donors (Lipinski definition) is 0. The maximum atomic E-state index is 13.0. The Balaban J connectivity index is 1.57. The predicted molar refractivity (Wildman–Crippen MR) is 132 cm³/mol. The lowest BCUT2D eigenvalue weighted by atomic mass is 10.1. The van der Waals surface area contributed by atoms with E-state index in [-0.39, 0.29) is 17.7 Å². The van der Waals surface area contributed by atoms with Crippen LogP contribution < -0.4 is 9.64 Å². The molecule has 3 aromatic rings. The highest BCUT2D eigenvalue weighted by atomic mass is 32.2. The van der Waals surface area contributed by atoms with Gasteiger partial charge in [0.05, 0.1) is 24.6 Å². The summed E-state index contributed by atoms with van der Waals surface area (Å²) in [4.78, 5) is 17.1. The van der Waals surface area contributed by atoms with Crippen LogP contribution in [0.15, 0.2) is 59.8 Å². The summed E-state index contributed by atoms with van der Waals surface area (Å²) in [5.41, 5.74) is 1.99. The van der Waals surface area contributed by atoms with E-state index in [1.54, 1.807) is 12.0 Å². The zero-order valence-corrected chi connectivity index (χ0v) is 20.3. The minimum Gasteiger partial charge on any atom is -0.495 e. The van der Waals surface area contributed by atoms with Gasteiger partial charge in [0.25, 0.3) is 0 Å². The minimum atomic E-state index is -0.00435. The van der Waals surface area contributed by atoms with Gasteiger partial charge in [-0.05, 0) is 43.9 Å². The molecule has 7 nitrogen and oxygen atoms in total. The van der Waals surface area contributed by atoms with E-state index < -0.39 is 0 Å². The van der Waals surface area contributed by atoms with Crippen molar-refractivity contribution in [3.63, 3.8) is 0 Å². The normalized spacial score (nSPS) is 14.7. The average molecular weight is 466 g/mol. The van der Waals surface area contributed by atoms with Crippen LogP contribution in [0.3, 0.4) is 0 Å². The zero-order chi connectivity index (χ0) is 23.2. The topological polar surface area (TPSA) is 63.5 Å². The Kier molecular flexibility index (Phi) is 7.54. The molecule has 33 heavy (non-hydrogen) atoms. The first-order valence-electron chi connectivity index (χ1n) is 11.4. The van der Waals surface area contributed by atoms with Crippen LogP contribution in [0, 0.1) is 0 Å². The van der Waals surface area contributed by atoms with E-state index in [1.807, 2.05) is 73.1 Å². The van der Waals surface area contributed by atoms with Gasteiger partial charge in [-0.1, -0.05) is 54.2 Å². The molecule has 0 bridgehead atoms. The average Bonchev–Trinajstić information content (AvgIpc) is 3.31. The van der Waals surface area contributed by atoms with Crippen molar-refractivity contribution >= 4 is 23.6 Å². The maximum absolute atomic E-state index is 13.0. The highest BCUT2D eigenvalue weighted by Crippen LogP contribution is 2.33. The van der Waals surface area contributed by atoms with E-state index in [0.717, 1.165) is 48.9 Å². The van der Waals surface area contributed by atoms with Crippen molar-refractivity contribution in [2.45, 2.75) is 37.4 Å². The molecule has 1 aliphatic rings. The van der Waals surface area contributed by atoms with Crippen molar-refractivity contribution in [1.82, 2.24) is 19.7 Å². The number of methoxy groups -OCH3 is 1. The summed E-state index contributed by atoms with van der Waals surface area (Å²) in [6, 6.07) is 17.9. The number of carbonyl (C=O) groups excluding carboxylic acids is 1. The monoisotopic (exact) mass is 465 g/mol. The second kappa shape index (κ2) is 10.7. The molecule has 0 radical (unpaired) electrons. The molecule has 1 atom stereocenters. The second-order valence-corrected chi connectivity index (χ2v) is 9.16. The molecular weight excluding hydrogens is 434 g/mol. The highest BCUT2D eigenvalue weighted by Gasteiger charge is 2.25. The fourth-order valence-electron chi connectivity index (χ4n) is 4.08. The van der Waals surface area contributed by atoms with Crippen LogP contribution in [-0.2, 0) is 4.79 Å². The number of aromatic nitrogens is 3. The lowest BCUT2D eigenvalue weighted by molar-refractivity contribution is -0.128. The summed E-state index contributed by atoms with van der Waals surface area (Å²) in [7, 11) is 3.52. The van der Waals surface area contributed by atoms with Gasteiger partial charge in [0.15, 0.2) is 5.16 Å². The van der Waals surface area contributed by atoms with Crippen molar-refractivity contribution in [2.75, 3.05) is 37.9 Å². The molecule has 174 valence electrons. The van der Waals surface area contributed by atoms with Gasteiger partial charge in [0.1, 0.15) is 5.75 Å². The van der Waals surface area contributed by atoms with E-state index in [2.05, 4.69) is 15.1 Å². The molecule has 1 aliphatic heterocycles. The number of hydrogen-bond acceptors (Lipinski definition) is 6. The number of nitrogens with zero attached hydrogens (tertiary/aromatic N) is 5. The molecular formula is C25H31N5O2S.